The highest BCUT2D eigenvalue weighted by Gasteiger charge is 2.18. The highest BCUT2D eigenvalue weighted by molar-refractivity contribution is 7.18. The molecule has 0 unspecified atom stereocenters. The molecule has 0 bridgehead atoms. The molecule has 0 saturated heterocycles. The Labute approximate surface area is 112 Å². The lowest BCUT2D eigenvalue weighted by Gasteiger charge is -2.04. The first kappa shape index (κ1) is 12.8. The van der Waals surface area contributed by atoms with Crippen molar-refractivity contribution < 1.29 is 4.79 Å². The van der Waals surface area contributed by atoms with Gasteiger partial charge in [0, 0.05) is 19.5 Å². The topological polar surface area (TPSA) is 84.1 Å². The number of nitrogen functional groups attached to an aromatic ring is 1. The molecule has 0 fully saturated rings. The Balaban J connectivity index is 2.18. The van der Waals surface area contributed by atoms with E-state index < -0.39 is 0 Å². The monoisotopic (exact) mass is 283 g/mol. The van der Waals surface area contributed by atoms with E-state index in [0.717, 1.165) is 5.69 Å². The fourth-order valence-corrected chi connectivity index (χ4v) is 2.73. The molecule has 0 saturated carbocycles. The summed E-state index contributed by atoms with van der Waals surface area (Å²) < 4.78 is 0. The highest BCUT2D eigenvalue weighted by atomic mass is 32.1. The third kappa shape index (κ3) is 2.59. The molecule has 0 aliphatic heterocycles. The number of nitrogens with zero attached hydrogens (tertiary/aromatic N) is 3. The van der Waals surface area contributed by atoms with E-state index in [1.54, 1.807) is 0 Å². The second kappa shape index (κ2) is 4.91. The molecule has 0 aromatic carbocycles. The van der Waals surface area contributed by atoms with Crippen LogP contribution in [0.3, 0.4) is 0 Å². The number of nitrogens with one attached hydrogen (secondary N) is 1. The van der Waals surface area contributed by atoms with E-state index in [1.807, 2.05) is 31.3 Å². The molecule has 0 spiro atoms. The summed E-state index contributed by atoms with van der Waals surface area (Å²) in [7, 11) is 3.70. The first-order valence-electron chi connectivity index (χ1n) is 5.14. The second-order valence-electron chi connectivity index (χ2n) is 3.85. The van der Waals surface area contributed by atoms with Crippen molar-refractivity contribution >= 4 is 44.7 Å². The van der Waals surface area contributed by atoms with Crippen LogP contribution in [0.4, 0.5) is 16.1 Å². The molecule has 96 valence electrons. The van der Waals surface area contributed by atoms with Crippen LogP contribution >= 0.6 is 22.7 Å². The van der Waals surface area contributed by atoms with Crippen LogP contribution < -0.4 is 16.0 Å². The van der Waals surface area contributed by atoms with E-state index in [4.69, 9.17) is 5.73 Å². The third-order valence-electron chi connectivity index (χ3n) is 2.07. The maximum Gasteiger partial charge on any atom is 0.271 e. The zero-order valence-corrected chi connectivity index (χ0v) is 11.9. The summed E-state index contributed by atoms with van der Waals surface area (Å²) in [6.45, 7) is 1.87. The number of hydrogen-bond donors (Lipinski definition) is 2. The molecule has 0 radical (unpaired) electrons. The average molecular weight is 283 g/mol. The Morgan fingerprint density at radius 2 is 2.17 bits per heavy atom. The smallest absolute Gasteiger partial charge is 0.271 e. The molecule has 0 aliphatic carbocycles. The number of aromatic nitrogens is 2. The number of hydrogen-bond acceptors (Lipinski definition) is 7. The maximum atomic E-state index is 12.0. The number of carbonyl (C=O) groups excluding carboxylic acids is 1. The molecule has 3 N–H and O–H groups in total. The molecule has 2 aromatic heterocycles. The molecular formula is C10H13N5OS2. The molecule has 0 atom stereocenters. The van der Waals surface area contributed by atoms with Crippen molar-refractivity contribution in [2.75, 3.05) is 30.0 Å². The quantitative estimate of drug-likeness (QED) is 0.897. The lowest BCUT2D eigenvalue weighted by molar-refractivity contribution is 0.103. The summed E-state index contributed by atoms with van der Waals surface area (Å²) in [5, 5.41) is 5.85. The lowest BCUT2D eigenvalue weighted by atomic mass is 10.5. The van der Waals surface area contributed by atoms with Gasteiger partial charge in [-0.1, -0.05) is 11.3 Å². The van der Waals surface area contributed by atoms with Crippen LogP contribution in [0.25, 0.3) is 0 Å². The molecular weight excluding hydrogens is 270 g/mol. The van der Waals surface area contributed by atoms with Crippen LogP contribution in [0.15, 0.2) is 5.38 Å². The van der Waals surface area contributed by atoms with E-state index in [1.165, 1.54) is 22.7 Å². The third-order valence-corrected chi connectivity index (χ3v) is 4.18. The van der Waals surface area contributed by atoms with Gasteiger partial charge in [-0.05, 0) is 6.92 Å². The van der Waals surface area contributed by atoms with Gasteiger partial charge >= 0.3 is 0 Å². The number of aryl methyl sites for hydroxylation is 1. The predicted octanol–water partition coefficient (Wildman–Crippen LogP) is 1.81. The van der Waals surface area contributed by atoms with Crippen molar-refractivity contribution in [2.24, 2.45) is 0 Å². The van der Waals surface area contributed by atoms with E-state index in [-0.39, 0.29) is 11.7 Å². The lowest BCUT2D eigenvalue weighted by Crippen LogP contribution is -2.11. The Bertz CT molecular complexity index is 575. The second-order valence-corrected chi connectivity index (χ2v) is 5.69. The number of amides is 1. The first-order valence-corrected chi connectivity index (χ1v) is 6.84. The van der Waals surface area contributed by atoms with Crippen LogP contribution in [-0.2, 0) is 0 Å². The van der Waals surface area contributed by atoms with Crippen LogP contribution in [0.5, 0.6) is 0 Å². The Kier molecular flexibility index (Phi) is 3.48. The molecule has 2 aromatic rings. The summed E-state index contributed by atoms with van der Waals surface area (Å²) in [6.07, 6.45) is 0. The minimum absolute atomic E-state index is 0.245. The van der Waals surface area contributed by atoms with Gasteiger partial charge in [0.2, 0.25) is 0 Å². The molecule has 18 heavy (non-hydrogen) atoms. The Morgan fingerprint density at radius 1 is 1.44 bits per heavy atom. The first-order chi connectivity index (χ1) is 8.47. The molecule has 0 aliphatic rings. The van der Waals surface area contributed by atoms with Crippen molar-refractivity contribution in [3.05, 3.63) is 16.0 Å². The standard InChI is InChI=1S/C10H13N5OS2/c1-5-4-17-9(12-5)14-8(16)6-7(11)13-10(18-6)15(2)3/h4H,11H2,1-3H3,(H,12,14,16). The zero-order chi connectivity index (χ0) is 13.3. The minimum atomic E-state index is -0.271. The van der Waals surface area contributed by atoms with Crippen LogP contribution in [-0.4, -0.2) is 30.0 Å². The highest BCUT2D eigenvalue weighted by Crippen LogP contribution is 2.27. The van der Waals surface area contributed by atoms with Gasteiger partial charge in [0.05, 0.1) is 5.69 Å². The average Bonchev–Trinajstić information content (AvgIpc) is 2.85. The SMILES string of the molecule is Cc1csc(NC(=O)c2sc(N(C)C)nc2N)n1. The summed E-state index contributed by atoms with van der Waals surface area (Å²) in [5.41, 5.74) is 6.61. The van der Waals surface area contributed by atoms with Crippen LogP contribution in [0.1, 0.15) is 15.4 Å². The molecule has 8 heteroatoms. The Hall–Kier alpha value is -1.67. The summed E-state index contributed by atoms with van der Waals surface area (Å²) in [6, 6.07) is 0. The minimum Gasteiger partial charge on any atom is -0.382 e. The van der Waals surface area contributed by atoms with Crippen molar-refractivity contribution in [1.82, 2.24) is 9.97 Å². The number of rotatable bonds is 3. The van der Waals surface area contributed by atoms with E-state index in [9.17, 15) is 4.79 Å². The van der Waals surface area contributed by atoms with Gasteiger partial charge < -0.3 is 10.6 Å². The maximum absolute atomic E-state index is 12.0. The largest absolute Gasteiger partial charge is 0.382 e. The predicted molar refractivity (Wildman–Crippen MR) is 75.7 cm³/mol. The Morgan fingerprint density at radius 3 is 2.67 bits per heavy atom. The number of carbonyl (C=O) groups is 1. The molecule has 2 rings (SSSR count). The van der Waals surface area contributed by atoms with Gasteiger partial charge in [-0.2, -0.15) is 0 Å². The van der Waals surface area contributed by atoms with Crippen LogP contribution in [0, 0.1) is 6.92 Å². The van der Waals surface area contributed by atoms with Gasteiger partial charge in [0.15, 0.2) is 10.3 Å². The van der Waals surface area contributed by atoms with E-state index >= 15 is 0 Å². The van der Waals surface area contributed by atoms with Gasteiger partial charge in [-0.3, -0.25) is 10.1 Å². The van der Waals surface area contributed by atoms with Crippen molar-refractivity contribution in [3.8, 4) is 0 Å². The van der Waals surface area contributed by atoms with E-state index in [0.29, 0.717) is 15.1 Å². The van der Waals surface area contributed by atoms with Gasteiger partial charge in [0.25, 0.3) is 5.91 Å². The van der Waals surface area contributed by atoms with Gasteiger partial charge in [-0.25, -0.2) is 9.97 Å². The number of anilines is 3. The van der Waals surface area contributed by atoms with Gasteiger partial charge in [0.1, 0.15) is 10.7 Å². The number of nitrogens with two attached hydrogens (primary N) is 1. The summed E-state index contributed by atoms with van der Waals surface area (Å²) in [4.78, 5) is 22.5. The van der Waals surface area contributed by atoms with Crippen LogP contribution in [0.2, 0.25) is 0 Å². The van der Waals surface area contributed by atoms with E-state index in [2.05, 4.69) is 15.3 Å². The fourth-order valence-electron chi connectivity index (χ4n) is 1.24. The van der Waals surface area contributed by atoms with Crippen molar-refractivity contribution in [1.29, 1.82) is 0 Å². The normalized spacial score (nSPS) is 10.4. The van der Waals surface area contributed by atoms with Crippen molar-refractivity contribution in [3.63, 3.8) is 0 Å². The molecule has 6 nitrogen and oxygen atoms in total. The van der Waals surface area contributed by atoms with Crippen molar-refractivity contribution in [2.45, 2.75) is 6.92 Å². The fraction of sp³-hybridized carbons (Fsp3) is 0.300. The summed E-state index contributed by atoms with van der Waals surface area (Å²) in [5.74, 6) is -0.0260. The zero-order valence-electron chi connectivity index (χ0n) is 10.2. The summed E-state index contributed by atoms with van der Waals surface area (Å²) >= 11 is 2.64. The number of thiazole rings is 2. The molecule has 2 heterocycles. The van der Waals surface area contributed by atoms with Gasteiger partial charge in [-0.15, -0.1) is 11.3 Å². The molecule has 1 amide bonds.